The summed E-state index contributed by atoms with van der Waals surface area (Å²) in [5.41, 5.74) is 0. The molecule has 0 aliphatic rings. The van der Waals surface area contributed by atoms with Gasteiger partial charge in [-0.2, -0.15) is 0 Å². The van der Waals surface area contributed by atoms with E-state index in [1.807, 2.05) is 0 Å². The van der Waals surface area contributed by atoms with Gasteiger partial charge in [0.2, 0.25) is 0 Å². The molecule has 76 valence electrons. The van der Waals surface area contributed by atoms with Crippen LogP contribution in [0.4, 0.5) is 0 Å². The van der Waals surface area contributed by atoms with Gasteiger partial charge in [0, 0.05) is 0 Å². The van der Waals surface area contributed by atoms with Crippen LogP contribution in [0.15, 0.2) is 0 Å². The van der Waals surface area contributed by atoms with Crippen molar-refractivity contribution in [2.75, 3.05) is 0 Å². The number of hydrogen-bond donors (Lipinski definition) is 2. The molecule has 2 N–H and O–H groups in total. The van der Waals surface area contributed by atoms with Crippen molar-refractivity contribution in [2.45, 2.75) is 0 Å². The van der Waals surface area contributed by atoms with Crippen LogP contribution in [0.3, 0.4) is 0 Å². The predicted octanol–water partition coefficient (Wildman–Crippen LogP) is -4.46. The molecule has 0 amide bonds. The topological polar surface area (TPSA) is 176 Å². The van der Waals surface area contributed by atoms with Gasteiger partial charge >= 0.3 is 26.8 Å². The van der Waals surface area contributed by atoms with Crippen molar-refractivity contribution in [3.63, 3.8) is 0 Å². The molecule has 0 atom stereocenters. The summed E-state index contributed by atoms with van der Waals surface area (Å²) in [4.78, 5) is 37.3. The van der Waals surface area contributed by atoms with Crippen molar-refractivity contribution in [1.82, 2.24) is 0 Å². The Morgan fingerprint density at radius 1 is 1.00 bits per heavy atom. The van der Waals surface area contributed by atoms with E-state index in [1.165, 1.54) is 0 Å². The third-order valence-electron chi connectivity index (χ3n) is 0.200. The number of hydrogen-bond acceptors (Lipinski definition) is 9. The van der Waals surface area contributed by atoms with Gasteiger partial charge in [-0.15, -0.1) is 0 Å². The summed E-state index contributed by atoms with van der Waals surface area (Å²) >= 11 is -1.42. The third-order valence-corrected chi connectivity index (χ3v) is 1.80. The average molecular weight is 403 g/mol. The first-order valence-corrected chi connectivity index (χ1v) is 6.70. The van der Waals surface area contributed by atoms with E-state index in [9.17, 15) is 28.7 Å². The van der Waals surface area contributed by atoms with Crippen molar-refractivity contribution < 1.29 is 59.9 Å². The van der Waals surface area contributed by atoms with Gasteiger partial charge in [-0.25, -0.2) is 0 Å². The van der Waals surface area contributed by atoms with Crippen LogP contribution in [0.5, 0.6) is 0 Å². The quantitative estimate of drug-likeness (QED) is 0.431. The first kappa shape index (κ1) is 15.3. The maximum atomic E-state index is 9.32. The summed E-state index contributed by atoms with van der Waals surface area (Å²) in [5, 5.41) is 0. The Hall–Kier alpha value is 0.868. The first-order chi connectivity index (χ1) is 5.12. The Kier molecular flexibility index (Phi) is 8.11. The normalized spacial score (nSPS) is 11.8. The molecule has 0 aliphatic carbocycles. The van der Waals surface area contributed by atoms with Gasteiger partial charge < -0.3 is 33.0 Å². The Labute approximate surface area is 75.9 Å². The molecule has 0 aromatic carbocycles. The Morgan fingerprint density at radius 3 is 1.17 bits per heavy atom. The summed E-state index contributed by atoms with van der Waals surface area (Å²) in [5.74, 6) is 0. The van der Waals surface area contributed by atoms with E-state index in [4.69, 9.17) is 7.52 Å². The van der Waals surface area contributed by atoms with Gasteiger partial charge in [0.05, 0.1) is 15.6 Å². The third kappa shape index (κ3) is 22.4. The molecule has 12 heteroatoms. The molecule has 0 fully saturated rings. The van der Waals surface area contributed by atoms with Crippen LogP contribution >= 0.6 is 15.6 Å². The molecule has 0 spiro atoms. The SMILES string of the molecule is O=P([O-])([O-])OP(=O)([O-])[O-].[OH][Pt+4][OH]. The van der Waals surface area contributed by atoms with Crippen LogP contribution in [0.1, 0.15) is 0 Å². The number of phosphoric acid groups is 2. The summed E-state index contributed by atoms with van der Waals surface area (Å²) in [6, 6.07) is 0. The second-order valence-corrected chi connectivity index (χ2v) is 3.94. The second-order valence-electron chi connectivity index (χ2n) is 1.04. The number of rotatable bonds is 2. The summed E-state index contributed by atoms with van der Waals surface area (Å²) in [6.07, 6.45) is 0. The standard InChI is InChI=1S/H4O7P2.2H2O.Pt/c1-8(2,3)7-9(4,5)6;;;/h(H2,1,2,3)(H2,4,5,6);2*1H2;/q;;;+6/p-6. The molecule has 0 rings (SSSR count). The van der Waals surface area contributed by atoms with Crippen molar-refractivity contribution in [3.05, 3.63) is 0 Å². The molecule has 0 radical (unpaired) electrons. The zero-order chi connectivity index (χ0) is 10.4. The average Bonchev–Trinajstić information content (AvgIpc) is 1.53. The van der Waals surface area contributed by atoms with Crippen LogP contribution in [0, 0.1) is 0 Å². The molecule has 0 unspecified atom stereocenters. The molecule has 0 saturated carbocycles. The van der Waals surface area contributed by atoms with Crippen molar-refractivity contribution in [2.24, 2.45) is 0 Å². The van der Waals surface area contributed by atoms with Crippen molar-refractivity contribution in [3.8, 4) is 0 Å². The van der Waals surface area contributed by atoms with Crippen molar-refractivity contribution >= 4 is 15.6 Å². The van der Waals surface area contributed by atoms with Gasteiger partial charge in [0.25, 0.3) is 0 Å². The Bertz CT molecular complexity index is 165. The monoisotopic (exact) mass is 403 g/mol. The summed E-state index contributed by atoms with van der Waals surface area (Å²) in [6.45, 7) is 0. The maximum absolute atomic E-state index is 9.32. The molecular weight excluding hydrogens is 401 g/mol. The van der Waals surface area contributed by atoms with Gasteiger partial charge in [-0.3, -0.25) is 0 Å². The fraction of sp³-hybridized carbons (Fsp3) is 0. The molecule has 9 nitrogen and oxygen atoms in total. The van der Waals surface area contributed by atoms with E-state index in [2.05, 4.69) is 4.31 Å². The van der Waals surface area contributed by atoms with Crippen LogP contribution < -0.4 is 19.6 Å². The van der Waals surface area contributed by atoms with Gasteiger partial charge in [-0.1, -0.05) is 0 Å². The van der Waals surface area contributed by atoms with E-state index in [-0.39, 0.29) is 0 Å². The van der Waals surface area contributed by atoms with E-state index in [0.29, 0.717) is 0 Å². The van der Waals surface area contributed by atoms with E-state index >= 15 is 0 Å². The predicted molar refractivity (Wildman–Crippen MR) is 20.7 cm³/mol. The fourth-order valence-corrected chi connectivity index (χ4v) is 1.10. The Morgan fingerprint density at radius 2 is 1.17 bits per heavy atom. The molecular formula is H2O9P2Pt. The van der Waals surface area contributed by atoms with Crippen LogP contribution in [0.2, 0.25) is 0 Å². The second kappa shape index (κ2) is 6.34. The molecule has 0 saturated heterocycles. The van der Waals surface area contributed by atoms with Gasteiger partial charge in [0.1, 0.15) is 0 Å². The zero-order valence-electron chi connectivity index (χ0n) is 4.96. The Balaban J connectivity index is 0. The first-order valence-electron chi connectivity index (χ1n) is 1.74. The van der Waals surface area contributed by atoms with Gasteiger partial charge in [0.15, 0.2) is 0 Å². The minimum absolute atomic E-state index is 1.42. The van der Waals surface area contributed by atoms with Crippen LogP contribution in [0.25, 0.3) is 0 Å². The van der Waals surface area contributed by atoms with Crippen LogP contribution in [-0.4, -0.2) is 7.52 Å². The van der Waals surface area contributed by atoms with Gasteiger partial charge in [-0.05, 0) is 0 Å². The van der Waals surface area contributed by atoms with Crippen molar-refractivity contribution in [1.29, 1.82) is 0 Å². The molecule has 12 heavy (non-hydrogen) atoms. The zero-order valence-corrected chi connectivity index (χ0v) is 9.02. The summed E-state index contributed by atoms with van der Waals surface area (Å²) < 4.78 is 35.6. The molecule has 0 aromatic rings. The van der Waals surface area contributed by atoms with E-state index in [0.717, 1.165) is 0 Å². The molecule has 0 bridgehead atoms. The fourth-order valence-electron chi connectivity index (χ4n) is 0.122. The van der Waals surface area contributed by atoms with E-state index < -0.39 is 35.0 Å². The molecule has 0 aromatic heterocycles. The van der Waals surface area contributed by atoms with Crippen LogP contribution in [-0.2, 0) is 32.8 Å². The summed E-state index contributed by atoms with van der Waals surface area (Å²) in [7, 11) is -11.4. The molecule has 0 heterocycles. The van der Waals surface area contributed by atoms with E-state index in [1.54, 1.807) is 0 Å². The molecule has 0 aliphatic heterocycles. The minimum atomic E-state index is -5.68.